The normalized spacial score (nSPS) is 11.0. The van der Waals surface area contributed by atoms with Crippen molar-refractivity contribution in [3.05, 3.63) is 76.9 Å². The van der Waals surface area contributed by atoms with Gasteiger partial charge in [-0.25, -0.2) is 14.6 Å². The minimum Gasteiger partial charge on any atom is -0.465 e. The fourth-order valence-corrected chi connectivity index (χ4v) is 2.96. The predicted octanol–water partition coefficient (Wildman–Crippen LogP) is 5.55. The molecule has 2 amide bonds. The number of halogens is 4. The summed E-state index contributed by atoms with van der Waals surface area (Å²) in [7, 11) is 1.25. The zero-order chi connectivity index (χ0) is 23.5. The van der Waals surface area contributed by atoms with Crippen molar-refractivity contribution < 1.29 is 32.2 Å². The molecule has 166 valence electrons. The fourth-order valence-electron chi connectivity index (χ4n) is 2.74. The number of nitrogens with two attached hydrogens (primary N) is 1. The van der Waals surface area contributed by atoms with Crippen LogP contribution in [0.4, 0.5) is 29.3 Å². The van der Waals surface area contributed by atoms with Gasteiger partial charge in [-0.05, 0) is 48.5 Å². The quantitative estimate of drug-likeness (QED) is 0.498. The number of hydrogen-bond donors (Lipinski definition) is 1. The van der Waals surface area contributed by atoms with Gasteiger partial charge in [-0.1, -0.05) is 11.6 Å². The van der Waals surface area contributed by atoms with Crippen molar-refractivity contribution in [2.75, 3.05) is 12.0 Å². The molecular weight excluding hydrogens is 451 g/mol. The average Bonchev–Trinajstić information content (AvgIpc) is 2.75. The lowest BCUT2D eigenvalue weighted by Gasteiger charge is -2.22. The van der Waals surface area contributed by atoms with Crippen LogP contribution in [0.15, 0.2) is 60.8 Å². The van der Waals surface area contributed by atoms with E-state index >= 15 is 0 Å². The Hall–Kier alpha value is -3.79. The highest BCUT2D eigenvalue weighted by Crippen LogP contribution is 2.38. The molecule has 0 saturated carbocycles. The second-order valence-electron chi connectivity index (χ2n) is 6.31. The maximum Gasteiger partial charge on any atom is 0.417 e. The van der Waals surface area contributed by atoms with Gasteiger partial charge in [-0.3, -0.25) is 4.90 Å². The van der Waals surface area contributed by atoms with Crippen molar-refractivity contribution in [3.63, 3.8) is 0 Å². The number of aromatic nitrogens is 1. The Kier molecular flexibility index (Phi) is 6.54. The number of carbonyl (C=O) groups is 2. The summed E-state index contributed by atoms with van der Waals surface area (Å²) in [5.74, 6) is -0.0379. The third-order valence-corrected chi connectivity index (χ3v) is 4.54. The van der Waals surface area contributed by atoms with E-state index < -0.39 is 28.8 Å². The molecule has 0 fully saturated rings. The number of pyridine rings is 1. The molecule has 1 aromatic heterocycles. The van der Waals surface area contributed by atoms with Crippen LogP contribution in [-0.4, -0.2) is 24.1 Å². The second-order valence-corrected chi connectivity index (χ2v) is 6.72. The summed E-state index contributed by atoms with van der Waals surface area (Å²) in [5, 5.41) is -0.500. The van der Waals surface area contributed by atoms with Crippen LogP contribution in [0.3, 0.4) is 0 Å². The number of amides is 2. The fraction of sp³-hybridized carbons (Fsp3) is 0.0952. The summed E-state index contributed by atoms with van der Waals surface area (Å²) < 4.78 is 49.7. The van der Waals surface area contributed by atoms with Crippen molar-refractivity contribution >= 4 is 35.0 Å². The zero-order valence-corrected chi connectivity index (χ0v) is 17.1. The van der Waals surface area contributed by atoms with Crippen LogP contribution < -0.4 is 15.4 Å². The average molecular weight is 466 g/mol. The molecule has 0 aliphatic heterocycles. The highest BCUT2D eigenvalue weighted by molar-refractivity contribution is 6.31. The number of ether oxygens (including phenoxy) is 2. The van der Waals surface area contributed by atoms with Crippen LogP contribution in [0, 0.1) is 0 Å². The van der Waals surface area contributed by atoms with Gasteiger partial charge < -0.3 is 15.2 Å². The van der Waals surface area contributed by atoms with Gasteiger partial charge in [0.2, 0.25) is 5.88 Å². The number of primary amides is 1. The Bertz CT molecular complexity index is 1140. The number of alkyl halides is 3. The summed E-state index contributed by atoms with van der Waals surface area (Å²) in [6.07, 6.45) is -3.42. The molecule has 0 spiro atoms. The minimum atomic E-state index is -4.70. The van der Waals surface area contributed by atoms with Crippen molar-refractivity contribution in [2.45, 2.75) is 6.18 Å². The van der Waals surface area contributed by atoms with Gasteiger partial charge in [0.25, 0.3) is 0 Å². The van der Waals surface area contributed by atoms with Crippen LogP contribution in [0.25, 0.3) is 0 Å². The summed E-state index contributed by atoms with van der Waals surface area (Å²) in [4.78, 5) is 28.3. The lowest BCUT2D eigenvalue weighted by Crippen LogP contribution is -2.31. The van der Waals surface area contributed by atoms with Crippen molar-refractivity contribution in [2.24, 2.45) is 5.73 Å². The van der Waals surface area contributed by atoms with Crippen LogP contribution in [0.2, 0.25) is 5.02 Å². The summed E-state index contributed by atoms with van der Waals surface area (Å²) in [6.45, 7) is 0. The molecule has 7 nitrogen and oxygen atoms in total. The molecule has 2 aromatic carbocycles. The van der Waals surface area contributed by atoms with Crippen molar-refractivity contribution in [3.8, 4) is 11.6 Å². The molecule has 2 N–H and O–H groups in total. The smallest absolute Gasteiger partial charge is 0.417 e. The second kappa shape index (κ2) is 9.15. The first-order valence-corrected chi connectivity index (χ1v) is 9.26. The third kappa shape index (κ3) is 5.09. The van der Waals surface area contributed by atoms with E-state index in [4.69, 9.17) is 22.1 Å². The molecule has 0 aliphatic rings. The van der Waals surface area contributed by atoms with Crippen LogP contribution >= 0.6 is 11.6 Å². The molecule has 3 aromatic rings. The number of carbonyl (C=O) groups excluding carboxylic acids is 2. The number of hydrogen-bond acceptors (Lipinski definition) is 5. The third-order valence-electron chi connectivity index (χ3n) is 4.21. The molecular formula is C21H15ClF3N3O4. The molecule has 0 unspecified atom stereocenters. The molecule has 0 saturated heterocycles. The number of methoxy groups -OCH3 is 1. The Balaban J connectivity index is 1.84. The van der Waals surface area contributed by atoms with E-state index in [1.807, 2.05) is 0 Å². The Morgan fingerprint density at radius 2 is 1.69 bits per heavy atom. The highest BCUT2D eigenvalue weighted by atomic mass is 35.5. The van der Waals surface area contributed by atoms with Crippen LogP contribution in [0.1, 0.15) is 15.9 Å². The minimum absolute atomic E-state index is 0.108. The number of rotatable bonds is 5. The molecule has 1 heterocycles. The number of nitrogens with zero attached hydrogens (tertiary/aromatic N) is 2. The molecule has 0 atom stereocenters. The van der Waals surface area contributed by atoms with E-state index in [0.29, 0.717) is 5.75 Å². The first-order chi connectivity index (χ1) is 15.1. The molecule has 3 rings (SSSR count). The first kappa shape index (κ1) is 22.9. The zero-order valence-electron chi connectivity index (χ0n) is 16.4. The van der Waals surface area contributed by atoms with Gasteiger partial charge in [0.1, 0.15) is 5.75 Å². The maximum atomic E-state index is 13.2. The highest BCUT2D eigenvalue weighted by Gasteiger charge is 2.34. The maximum absolute atomic E-state index is 13.2. The molecule has 0 bridgehead atoms. The Morgan fingerprint density at radius 1 is 1.03 bits per heavy atom. The van der Waals surface area contributed by atoms with E-state index in [9.17, 15) is 22.8 Å². The SMILES string of the molecule is COC(=O)c1ccc(Oc2ccc(N(C(N)=O)c3ccc(Cl)c(C(F)(F)F)c3)cc2)nc1. The van der Waals surface area contributed by atoms with E-state index in [0.717, 1.165) is 17.0 Å². The Labute approximate surface area is 185 Å². The van der Waals surface area contributed by atoms with Crippen LogP contribution in [0.5, 0.6) is 11.6 Å². The first-order valence-electron chi connectivity index (χ1n) is 8.88. The molecule has 0 aliphatic carbocycles. The summed E-state index contributed by atoms with van der Waals surface area (Å²) in [6, 6.07) is 10.8. The number of urea groups is 1. The monoisotopic (exact) mass is 465 g/mol. The van der Waals surface area contributed by atoms with E-state index in [1.54, 1.807) is 0 Å². The summed E-state index contributed by atoms with van der Waals surface area (Å²) in [5.41, 5.74) is 4.65. The van der Waals surface area contributed by atoms with Crippen LogP contribution in [-0.2, 0) is 10.9 Å². The van der Waals surface area contributed by atoms with Gasteiger partial charge in [0.15, 0.2) is 0 Å². The number of esters is 1. The lowest BCUT2D eigenvalue weighted by molar-refractivity contribution is -0.137. The largest absolute Gasteiger partial charge is 0.465 e. The lowest BCUT2D eigenvalue weighted by atomic mass is 10.1. The Morgan fingerprint density at radius 3 is 2.22 bits per heavy atom. The van der Waals surface area contributed by atoms with Gasteiger partial charge in [-0.2, -0.15) is 13.2 Å². The predicted molar refractivity (Wildman–Crippen MR) is 110 cm³/mol. The number of benzene rings is 2. The van der Waals surface area contributed by atoms with E-state index in [1.165, 1.54) is 55.8 Å². The summed E-state index contributed by atoms with van der Waals surface area (Å²) >= 11 is 5.64. The van der Waals surface area contributed by atoms with Gasteiger partial charge in [0, 0.05) is 12.3 Å². The van der Waals surface area contributed by atoms with Crippen molar-refractivity contribution in [1.82, 2.24) is 4.98 Å². The number of anilines is 2. The van der Waals surface area contributed by atoms with Gasteiger partial charge in [-0.15, -0.1) is 0 Å². The van der Waals surface area contributed by atoms with E-state index in [2.05, 4.69) is 9.72 Å². The topological polar surface area (TPSA) is 94.8 Å². The van der Waals surface area contributed by atoms with E-state index in [-0.39, 0.29) is 22.8 Å². The van der Waals surface area contributed by atoms with Gasteiger partial charge in [0.05, 0.1) is 34.6 Å². The van der Waals surface area contributed by atoms with Crippen molar-refractivity contribution in [1.29, 1.82) is 0 Å². The molecule has 32 heavy (non-hydrogen) atoms. The molecule has 11 heteroatoms. The molecule has 0 radical (unpaired) electrons. The van der Waals surface area contributed by atoms with Gasteiger partial charge >= 0.3 is 18.2 Å². The standard InChI is InChI=1S/C21H15ClF3N3O4/c1-31-19(29)12-2-9-18(27-11-12)32-15-6-3-13(4-7-15)28(20(26)30)14-5-8-17(22)16(10-14)21(23,24)25/h2-11H,1H3,(H2,26,30).